The molecular weight excluding hydrogens is 270 g/mol. The van der Waals surface area contributed by atoms with Crippen molar-refractivity contribution in [3.8, 4) is 5.75 Å². The summed E-state index contributed by atoms with van der Waals surface area (Å²) in [5.74, 6) is -0.646. The number of aromatic carboxylic acids is 1. The smallest absolute Gasteiger partial charge is 0.335 e. The molecule has 116 valence electrons. The number of carbonyl (C=O) groups is 2. The second-order valence-corrected chi connectivity index (χ2v) is 5.06. The number of ether oxygens (including phenoxy) is 1. The van der Waals surface area contributed by atoms with Gasteiger partial charge in [-0.1, -0.05) is 13.8 Å². The summed E-state index contributed by atoms with van der Waals surface area (Å²) in [5.41, 5.74) is 0.837. The van der Waals surface area contributed by atoms with Crippen LogP contribution in [0.1, 0.15) is 49.5 Å². The number of hydrogen-bond donors (Lipinski definition) is 2. The van der Waals surface area contributed by atoms with Crippen LogP contribution in [-0.2, 0) is 4.79 Å². The van der Waals surface area contributed by atoms with Gasteiger partial charge in [-0.2, -0.15) is 0 Å². The van der Waals surface area contributed by atoms with E-state index in [9.17, 15) is 9.59 Å². The molecule has 0 spiro atoms. The van der Waals surface area contributed by atoms with Crippen LogP contribution in [0.2, 0.25) is 0 Å². The van der Waals surface area contributed by atoms with Crippen LogP contribution in [0.3, 0.4) is 0 Å². The van der Waals surface area contributed by atoms with Gasteiger partial charge in [-0.3, -0.25) is 4.79 Å². The lowest BCUT2D eigenvalue weighted by molar-refractivity contribution is -0.128. The van der Waals surface area contributed by atoms with E-state index in [-0.39, 0.29) is 17.5 Å². The second kappa shape index (κ2) is 7.67. The lowest BCUT2D eigenvalue weighted by Crippen LogP contribution is -2.42. The van der Waals surface area contributed by atoms with Gasteiger partial charge < -0.3 is 15.2 Å². The number of rotatable bonds is 7. The van der Waals surface area contributed by atoms with E-state index in [1.165, 1.54) is 6.07 Å². The summed E-state index contributed by atoms with van der Waals surface area (Å²) in [5, 5.41) is 11.9. The topological polar surface area (TPSA) is 75.6 Å². The molecule has 0 aliphatic rings. The molecule has 0 saturated carbocycles. The van der Waals surface area contributed by atoms with Crippen molar-refractivity contribution in [3.63, 3.8) is 0 Å². The van der Waals surface area contributed by atoms with Gasteiger partial charge in [0.25, 0.3) is 5.91 Å². The summed E-state index contributed by atoms with van der Waals surface area (Å²) in [7, 11) is 0. The third-order valence-electron chi connectivity index (χ3n) is 3.44. The van der Waals surface area contributed by atoms with Crippen LogP contribution < -0.4 is 10.1 Å². The predicted octanol–water partition coefficient (Wildman–Crippen LogP) is 2.77. The number of carbonyl (C=O) groups excluding carboxylic acids is 1. The Morgan fingerprint density at radius 1 is 1.29 bits per heavy atom. The van der Waals surface area contributed by atoms with Crippen molar-refractivity contribution in [2.24, 2.45) is 0 Å². The molecule has 5 nitrogen and oxygen atoms in total. The Morgan fingerprint density at radius 2 is 1.90 bits per heavy atom. The number of nitrogens with one attached hydrogen (secondary N) is 1. The maximum atomic E-state index is 12.0. The van der Waals surface area contributed by atoms with Gasteiger partial charge in [0.15, 0.2) is 6.10 Å². The SMILES string of the molecule is CCC(CC)NC(=O)C(C)Oc1ccc(C(=O)O)c(C)c1. The summed E-state index contributed by atoms with van der Waals surface area (Å²) < 4.78 is 5.58. The van der Waals surface area contributed by atoms with Crippen LogP contribution in [0, 0.1) is 6.92 Å². The lowest BCUT2D eigenvalue weighted by Gasteiger charge is -2.19. The average Bonchev–Trinajstić information content (AvgIpc) is 2.44. The molecule has 0 aromatic heterocycles. The maximum absolute atomic E-state index is 12.0. The highest BCUT2D eigenvalue weighted by molar-refractivity contribution is 5.89. The van der Waals surface area contributed by atoms with E-state index in [0.717, 1.165) is 12.8 Å². The summed E-state index contributed by atoms with van der Waals surface area (Å²) >= 11 is 0. The molecule has 1 unspecified atom stereocenters. The molecule has 1 aromatic rings. The molecule has 1 atom stereocenters. The number of aryl methyl sites for hydroxylation is 1. The highest BCUT2D eigenvalue weighted by Crippen LogP contribution is 2.18. The van der Waals surface area contributed by atoms with Crippen LogP contribution >= 0.6 is 0 Å². The fraction of sp³-hybridized carbons (Fsp3) is 0.500. The van der Waals surface area contributed by atoms with Crippen LogP contribution in [0.15, 0.2) is 18.2 Å². The first-order valence-electron chi connectivity index (χ1n) is 7.20. The third-order valence-corrected chi connectivity index (χ3v) is 3.44. The van der Waals surface area contributed by atoms with Gasteiger partial charge in [0, 0.05) is 6.04 Å². The normalized spacial score (nSPS) is 12.0. The standard InChI is InChI=1S/C16H23NO4/c1-5-12(6-2)17-15(18)11(4)21-13-7-8-14(16(19)20)10(3)9-13/h7-9,11-12H,5-6H2,1-4H3,(H,17,18)(H,19,20). The van der Waals surface area contributed by atoms with Crippen molar-refractivity contribution in [1.82, 2.24) is 5.32 Å². The first kappa shape index (κ1) is 17.0. The molecule has 0 aliphatic carbocycles. The van der Waals surface area contributed by atoms with Gasteiger partial charge in [0.2, 0.25) is 0 Å². The summed E-state index contributed by atoms with van der Waals surface area (Å²) in [6.07, 6.45) is 1.13. The van der Waals surface area contributed by atoms with Crippen molar-refractivity contribution in [1.29, 1.82) is 0 Å². The van der Waals surface area contributed by atoms with Crippen molar-refractivity contribution in [2.75, 3.05) is 0 Å². The van der Waals surface area contributed by atoms with E-state index in [1.807, 2.05) is 13.8 Å². The zero-order valence-electron chi connectivity index (χ0n) is 13.0. The zero-order chi connectivity index (χ0) is 16.0. The first-order valence-corrected chi connectivity index (χ1v) is 7.20. The molecule has 0 heterocycles. The van der Waals surface area contributed by atoms with Crippen LogP contribution in [0.5, 0.6) is 5.75 Å². The van der Waals surface area contributed by atoms with E-state index in [1.54, 1.807) is 26.0 Å². The molecule has 0 fully saturated rings. The number of carboxylic acid groups (broad SMARTS) is 1. The van der Waals surface area contributed by atoms with Crippen LogP contribution in [0.4, 0.5) is 0 Å². The molecule has 1 aromatic carbocycles. The number of amides is 1. The van der Waals surface area contributed by atoms with Crippen molar-refractivity contribution < 1.29 is 19.4 Å². The summed E-state index contributed by atoms with van der Waals surface area (Å²) in [4.78, 5) is 23.0. The molecule has 1 rings (SSSR count). The Morgan fingerprint density at radius 3 is 2.38 bits per heavy atom. The van der Waals surface area contributed by atoms with Gasteiger partial charge in [0.1, 0.15) is 5.75 Å². The van der Waals surface area contributed by atoms with Crippen molar-refractivity contribution in [2.45, 2.75) is 52.7 Å². The fourth-order valence-electron chi connectivity index (χ4n) is 2.02. The monoisotopic (exact) mass is 293 g/mol. The van der Waals surface area contributed by atoms with E-state index in [2.05, 4.69) is 5.32 Å². The molecule has 0 aliphatic heterocycles. The summed E-state index contributed by atoms with van der Waals surface area (Å²) in [6.45, 7) is 7.42. The minimum Gasteiger partial charge on any atom is -0.481 e. The van der Waals surface area contributed by atoms with Gasteiger partial charge in [0.05, 0.1) is 5.56 Å². The number of benzene rings is 1. The second-order valence-electron chi connectivity index (χ2n) is 5.06. The van der Waals surface area contributed by atoms with Crippen molar-refractivity contribution in [3.05, 3.63) is 29.3 Å². The number of carboxylic acids is 1. The lowest BCUT2D eigenvalue weighted by atomic mass is 10.1. The van der Waals surface area contributed by atoms with E-state index < -0.39 is 12.1 Å². The van der Waals surface area contributed by atoms with Crippen LogP contribution in [0.25, 0.3) is 0 Å². The molecule has 21 heavy (non-hydrogen) atoms. The first-order chi connectivity index (χ1) is 9.88. The van der Waals surface area contributed by atoms with Gasteiger partial charge in [-0.25, -0.2) is 4.79 Å². The third kappa shape index (κ3) is 4.77. The maximum Gasteiger partial charge on any atom is 0.335 e. The Labute approximate surface area is 125 Å². The summed E-state index contributed by atoms with van der Waals surface area (Å²) in [6, 6.07) is 4.83. The van der Waals surface area contributed by atoms with Gasteiger partial charge in [-0.15, -0.1) is 0 Å². The molecular formula is C16H23NO4. The van der Waals surface area contributed by atoms with Crippen molar-refractivity contribution >= 4 is 11.9 Å². The number of hydrogen-bond acceptors (Lipinski definition) is 3. The van der Waals surface area contributed by atoms with Gasteiger partial charge >= 0.3 is 5.97 Å². The molecule has 0 saturated heterocycles. The Kier molecular flexibility index (Phi) is 6.21. The van der Waals surface area contributed by atoms with E-state index in [0.29, 0.717) is 11.3 Å². The van der Waals surface area contributed by atoms with E-state index in [4.69, 9.17) is 9.84 Å². The predicted molar refractivity (Wildman–Crippen MR) is 80.7 cm³/mol. The molecule has 1 amide bonds. The van der Waals surface area contributed by atoms with Crippen LogP contribution in [-0.4, -0.2) is 29.1 Å². The highest BCUT2D eigenvalue weighted by Gasteiger charge is 2.18. The minimum atomic E-state index is -0.974. The average molecular weight is 293 g/mol. The minimum absolute atomic E-state index is 0.152. The van der Waals surface area contributed by atoms with E-state index >= 15 is 0 Å². The van der Waals surface area contributed by atoms with Gasteiger partial charge in [-0.05, 0) is 50.5 Å². The largest absolute Gasteiger partial charge is 0.481 e. The Bertz CT molecular complexity index is 509. The molecule has 5 heteroatoms. The highest BCUT2D eigenvalue weighted by atomic mass is 16.5. The quantitative estimate of drug-likeness (QED) is 0.810. The molecule has 0 radical (unpaired) electrons. The Hall–Kier alpha value is -2.04. The zero-order valence-corrected chi connectivity index (χ0v) is 13.0. The fourth-order valence-corrected chi connectivity index (χ4v) is 2.02. The Balaban J connectivity index is 2.70. The molecule has 0 bridgehead atoms. The molecule has 2 N–H and O–H groups in total.